The van der Waals surface area contributed by atoms with Crippen molar-refractivity contribution in [3.05, 3.63) is 30.1 Å². The number of morpholine rings is 1. The van der Waals surface area contributed by atoms with Gasteiger partial charge in [0.25, 0.3) is 0 Å². The van der Waals surface area contributed by atoms with E-state index in [0.717, 1.165) is 0 Å². The summed E-state index contributed by atoms with van der Waals surface area (Å²) in [5.74, 6) is -0.416. The maximum atomic E-state index is 12.9. The van der Waals surface area contributed by atoms with E-state index in [9.17, 15) is 14.0 Å². The molecule has 2 N–H and O–H groups in total. The molecule has 2 aliphatic rings. The van der Waals surface area contributed by atoms with E-state index in [2.05, 4.69) is 10.6 Å². The van der Waals surface area contributed by atoms with E-state index in [4.69, 9.17) is 4.74 Å². The Morgan fingerprint density at radius 1 is 1.20 bits per heavy atom. The molecule has 1 aromatic carbocycles. The Bertz CT molecular complexity index is 596. The molecule has 0 spiro atoms. The fourth-order valence-electron chi connectivity index (χ4n) is 3.01. The number of benzene rings is 1. The van der Waals surface area contributed by atoms with Crippen molar-refractivity contribution >= 4 is 17.5 Å². The predicted octanol–water partition coefficient (Wildman–Crippen LogP) is -0.103. The molecule has 25 heavy (non-hydrogen) atoms. The molecule has 7 nitrogen and oxygen atoms in total. The monoisotopic (exact) mass is 350 g/mol. The predicted molar refractivity (Wildman–Crippen MR) is 90.7 cm³/mol. The van der Waals surface area contributed by atoms with E-state index in [1.54, 1.807) is 0 Å². The molecule has 0 radical (unpaired) electrons. The van der Waals surface area contributed by atoms with Crippen LogP contribution >= 0.6 is 0 Å². The van der Waals surface area contributed by atoms with Gasteiger partial charge in [-0.25, -0.2) is 4.39 Å². The van der Waals surface area contributed by atoms with Gasteiger partial charge in [-0.1, -0.05) is 0 Å². The second-order valence-corrected chi connectivity index (χ2v) is 6.24. The zero-order valence-corrected chi connectivity index (χ0v) is 14.0. The molecule has 2 amide bonds. The summed E-state index contributed by atoms with van der Waals surface area (Å²) in [5, 5.41) is 5.92. The Labute approximate surface area is 146 Å². The molecule has 1 aromatic rings. The number of piperazine rings is 1. The molecule has 1 unspecified atom stereocenters. The van der Waals surface area contributed by atoms with E-state index < -0.39 is 0 Å². The van der Waals surface area contributed by atoms with Gasteiger partial charge in [0.05, 0.1) is 19.8 Å². The Hall–Kier alpha value is -2.03. The van der Waals surface area contributed by atoms with Crippen molar-refractivity contribution in [2.24, 2.45) is 0 Å². The number of rotatable bonds is 4. The summed E-state index contributed by atoms with van der Waals surface area (Å²) in [6.07, 6.45) is 0. The molecule has 2 saturated heterocycles. The summed E-state index contributed by atoms with van der Waals surface area (Å²) in [6.45, 7) is 4.50. The molecule has 0 aliphatic carbocycles. The Morgan fingerprint density at radius 2 is 1.92 bits per heavy atom. The van der Waals surface area contributed by atoms with Gasteiger partial charge in [0.15, 0.2) is 0 Å². The second kappa shape index (κ2) is 8.37. The second-order valence-electron chi connectivity index (χ2n) is 6.24. The molecule has 2 fully saturated rings. The van der Waals surface area contributed by atoms with Gasteiger partial charge in [-0.15, -0.1) is 0 Å². The van der Waals surface area contributed by atoms with Gasteiger partial charge in [0, 0.05) is 38.4 Å². The van der Waals surface area contributed by atoms with Crippen molar-refractivity contribution in [2.45, 2.75) is 6.04 Å². The highest BCUT2D eigenvalue weighted by Gasteiger charge is 2.29. The number of nitrogens with one attached hydrogen (secondary N) is 2. The normalized spacial score (nSPS) is 21.8. The highest BCUT2D eigenvalue weighted by Crippen LogP contribution is 2.09. The highest BCUT2D eigenvalue weighted by atomic mass is 19.1. The minimum atomic E-state index is -0.336. The van der Waals surface area contributed by atoms with Crippen molar-refractivity contribution in [3.8, 4) is 0 Å². The molecule has 0 saturated carbocycles. The minimum absolute atomic E-state index is 0.0649. The van der Waals surface area contributed by atoms with Crippen molar-refractivity contribution in [1.82, 2.24) is 15.1 Å². The lowest BCUT2D eigenvalue weighted by molar-refractivity contribution is -0.138. The van der Waals surface area contributed by atoms with Crippen molar-refractivity contribution in [2.75, 3.05) is 57.8 Å². The molecule has 2 aliphatic heterocycles. The van der Waals surface area contributed by atoms with Crippen LogP contribution in [0.1, 0.15) is 0 Å². The number of ether oxygens (including phenoxy) is 1. The SMILES string of the molecule is O=C(CN1CCN(C(=O)C2COCCN2)CC1)Nc1ccc(F)cc1. The van der Waals surface area contributed by atoms with Crippen LogP contribution in [0.15, 0.2) is 24.3 Å². The summed E-state index contributed by atoms with van der Waals surface area (Å²) < 4.78 is 18.2. The van der Waals surface area contributed by atoms with Gasteiger partial charge in [-0.3, -0.25) is 14.5 Å². The number of carbonyl (C=O) groups excluding carboxylic acids is 2. The fourth-order valence-corrected chi connectivity index (χ4v) is 3.01. The maximum Gasteiger partial charge on any atom is 0.242 e. The first-order chi connectivity index (χ1) is 12.1. The largest absolute Gasteiger partial charge is 0.378 e. The summed E-state index contributed by atoms with van der Waals surface area (Å²) in [6, 6.07) is 5.42. The third kappa shape index (κ3) is 4.97. The third-order valence-electron chi connectivity index (χ3n) is 4.40. The van der Waals surface area contributed by atoms with Gasteiger partial charge in [-0.2, -0.15) is 0 Å². The van der Waals surface area contributed by atoms with Crippen LogP contribution in [0.3, 0.4) is 0 Å². The van der Waals surface area contributed by atoms with Gasteiger partial charge in [0.1, 0.15) is 11.9 Å². The lowest BCUT2D eigenvalue weighted by Crippen LogP contribution is -2.57. The van der Waals surface area contributed by atoms with Crippen molar-refractivity contribution < 1.29 is 18.7 Å². The van der Waals surface area contributed by atoms with E-state index in [-0.39, 0.29) is 30.2 Å². The van der Waals surface area contributed by atoms with Crippen LogP contribution in [-0.4, -0.2) is 80.1 Å². The first-order valence-electron chi connectivity index (χ1n) is 8.49. The van der Waals surface area contributed by atoms with E-state index in [1.165, 1.54) is 24.3 Å². The third-order valence-corrected chi connectivity index (χ3v) is 4.40. The quantitative estimate of drug-likeness (QED) is 0.793. The van der Waals surface area contributed by atoms with Gasteiger partial charge in [-0.05, 0) is 24.3 Å². The molecule has 1 atom stereocenters. The van der Waals surface area contributed by atoms with Crippen molar-refractivity contribution in [3.63, 3.8) is 0 Å². The Balaban J connectivity index is 1.41. The summed E-state index contributed by atoms with van der Waals surface area (Å²) in [4.78, 5) is 28.3. The van der Waals surface area contributed by atoms with Crippen LogP contribution in [0.4, 0.5) is 10.1 Å². The number of anilines is 1. The first kappa shape index (κ1) is 17.8. The van der Waals surface area contributed by atoms with Gasteiger partial charge in [0.2, 0.25) is 11.8 Å². The van der Waals surface area contributed by atoms with Crippen LogP contribution in [0.2, 0.25) is 0 Å². The number of nitrogens with zero attached hydrogens (tertiary/aromatic N) is 2. The number of carbonyl (C=O) groups is 2. The Kier molecular flexibility index (Phi) is 5.95. The number of halogens is 1. The average molecular weight is 350 g/mol. The maximum absolute atomic E-state index is 12.9. The smallest absolute Gasteiger partial charge is 0.242 e. The van der Waals surface area contributed by atoms with Crippen LogP contribution in [0.5, 0.6) is 0 Å². The molecule has 2 heterocycles. The zero-order valence-electron chi connectivity index (χ0n) is 14.0. The van der Waals surface area contributed by atoms with Crippen LogP contribution in [0, 0.1) is 5.82 Å². The number of hydrogen-bond acceptors (Lipinski definition) is 5. The molecule has 0 bridgehead atoms. The number of hydrogen-bond donors (Lipinski definition) is 2. The topological polar surface area (TPSA) is 73.9 Å². The molecule has 0 aromatic heterocycles. The lowest BCUT2D eigenvalue weighted by Gasteiger charge is -2.36. The average Bonchev–Trinajstić information content (AvgIpc) is 2.64. The van der Waals surface area contributed by atoms with E-state index >= 15 is 0 Å². The minimum Gasteiger partial charge on any atom is -0.378 e. The van der Waals surface area contributed by atoms with Gasteiger partial charge >= 0.3 is 0 Å². The van der Waals surface area contributed by atoms with E-state index in [0.29, 0.717) is 51.6 Å². The number of amides is 2. The van der Waals surface area contributed by atoms with Crippen LogP contribution in [-0.2, 0) is 14.3 Å². The molecule has 3 rings (SSSR count). The molecule has 136 valence electrons. The standard InChI is InChI=1S/C17H23FN4O3/c18-13-1-3-14(4-2-13)20-16(23)11-21-6-8-22(9-7-21)17(24)15-12-25-10-5-19-15/h1-4,15,19H,5-12H2,(H,20,23). The van der Waals surface area contributed by atoms with E-state index in [1.807, 2.05) is 9.80 Å². The summed E-state index contributed by atoms with van der Waals surface area (Å²) >= 11 is 0. The summed E-state index contributed by atoms with van der Waals surface area (Å²) in [5.41, 5.74) is 0.573. The van der Waals surface area contributed by atoms with Gasteiger partial charge < -0.3 is 20.3 Å². The Morgan fingerprint density at radius 3 is 2.56 bits per heavy atom. The molecular weight excluding hydrogens is 327 g/mol. The zero-order chi connectivity index (χ0) is 17.6. The molecular formula is C17H23FN4O3. The van der Waals surface area contributed by atoms with Crippen molar-refractivity contribution in [1.29, 1.82) is 0 Å². The first-order valence-corrected chi connectivity index (χ1v) is 8.49. The van der Waals surface area contributed by atoms with Crippen LogP contribution in [0.25, 0.3) is 0 Å². The fraction of sp³-hybridized carbons (Fsp3) is 0.529. The highest BCUT2D eigenvalue weighted by molar-refractivity contribution is 5.92. The lowest BCUT2D eigenvalue weighted by atomic mass is 10.2. The molecule has 8 heteroatoms. The van der Waals surface area contributed by atoms with Crippen LogP contribution < -0.4 is 10.6 Å². The summed E-state index contributed by atoms with van der Waals surface area (Å²) in [7, 11) is 0.